The van der Waals surface area contributed by atoms with Gasteiger partial charge < -0.3 is 18.9 Å². The van der Waals surface area contributed by atoms with Crippen LogP contribution in [0.2, 0.25) is 0 Å². The van der Waals surface area contributed by atoms with E-state index in [9.17, 15) is 0 Å². The summed E-state index contributed by atoms with van der Waals surface area (Å²) in [5.74, 6) is 1.42. The van der Waals surface area contributed by atoms with Crippen LogP contribution in [-0.4, -0.2) is 50.7 Å². The molecule has 6 nitrogen and oxygen atoms in total. The molecular formula is C12H20N2O4. The summed E-state index contributed by atoms with van der Waals surface area (Å²) in [4.78, 5) is 9.04. The Hall–Kier alpha value is -1.14. The minimum absolute atomic E-state index is 0.112. The highest BCUT2D eigenvalue weighted by Gasteiger charge is 2.42. The summed E-state index contributed by atoms with van der Waals surface area (Å²) in [7, 11) is 3.18. The molecule has 0 spiro atoms. The molecule has 1 unspecified atom stereocenters. The van der Waals surface area contributed by atoms with Crippen molar-refractivity contribution in [3.05, 3.63) is 0 Å². The van der Waals surface area contributed by atoms with Crippen LogP contribution in [0.3, 0.4) is 0 Å². The van der Waals surface area contributed by atoms with Crippen molar-refractivity contribution in [2.45, 2.75) is 45.4 Å². The van der Waals surface area contributed by atoms with Gasteiger partial charge in [-0.1, -0.05) is 13.8 Å². The van der Waals surface area contributed by atoms with Crippen molar-refractivity contribution in [3.63, 3.8) is 0 Å². The Balaban J connectivity index is 2.19. The van der Waals surface area contributed by atoms with E-state index in [2.05, 4.69) is 23.8 Å². The first-order valence-corrected chi connectivity index (χ1v) is 6.11. The molecule has 0 aromatic rings. The van der Waals surface area contributed by atoms with Crippen molar-refractivity contribution in [3.8, 4) is 0 Å². The Morgan fingerprint density at radius 2 is 1.67 bits per heavy atom. The molecule has 6 heteroatoms. The van der Waals surface area contributed by atoms with Crippen LogP contribution in [0.4, 0.5) is 0 Å². The van der Waals surface area contributed by atoms with Gasteiger partial charge in [0.05, 0.1) is 14.2 Å². The van der Waals surface area contributed by atoms with Crippen LogP contribution in [0.5, 0.6) is 0 Å². The van der Waals surface area contributed by atoms with E-state index in [1.165, 1.54) is 0 Å². The van der Waals surface area contributed by atoms with E-state index >= 15 is 0 Å². The van der Waals surface area contributed by atoms with Gasteiger partial charge in [0.15, 0.2) is 18.6 Å². The van der Waals surface area contributed by atoms with Crippen molar-refractivity contribution in [2.75, 3.05) is 14.2 Å². The van der Waals surface area contributed by atoms with Gasteiger partial charge in [0, 0.05) is 0 Å². The molecule has 0 amide bonds. The summed E-state index contributed by atoms with van der Waals surface area (Å²) in [5.41, 5.74) is 0. The number of aliphatic imine (C=N–C) groups is 2. The summed E-state index contributed by atoms with van der Waals surface area (Å²) in [6, 6.07) is -0.491. The minimum atomic E-state index is -0.433. The van der Waals surface area contributed by atoms with Gasteiger partial charge in [-0.3, -0.25) is 0 Å². The van der Waals surface area contributed by atoms with Crippen molar-refractivity contribution < 1.29 is 18.9 Å². The van der Waals surface area contributed by atoms with E-state index in [1.54, 1.807) is 14.2 Å². The maximum atomic E-state index is 5.45. The van der Waals surface area contributed by atoms with Crippen LogP contribution in [0.1, 0.15) is 20.8 Å². The van der Waals surface area contributed by atoms with Crippen LogP contribution in [0.25, 0.3) is 0 Å². The first-order chi connectivity index (χ1) is 8.56. The van der Waals surface area contributed by atoms with Crippen LogP contribution < -0.4 is 0 Å². The number of rotatable bonds is 2. The molecule has 0 saturated carbocycles. The summed E-state index contributed by atoms with van der Waals surface area (Å²) in [5, 5.41) is 0. The minimum Gasteiger partial charge on any atom is -0.483 e. The highest BCUT2D eigenvalue weighted by Crippen LogP contribution is 2.26. The van der Waals surface area contributed by atoms with Gasteiger partial charge >= 0.3 is 0 Å². The molecule has 2 aliphatic heterocycles. The van der Waals surface area contributed by atoms with Gasteiger partial charge in [0.1, 0.15) is 6.04 Å². The molecule has 2 aliphatic rings. The summed E-state index contributed by atoms with van der Waals surface area (Å²) < 4.78 is 21.5. The monoisotopic (exact) mass is 256 g/mol. The standard InChI is InChI=1S/C12H20N2O4/c1-6(2)8-10(15-4)14-9(11(13-8)16-5)12-17-7(3)18-12/h6-9,12H,1-5H3/t7?,8-,9?,12?/m1/s1. The Morgan fingerprint density at radius 1 is 1.06 bits per heavy atom. The van der Waals surface area contributed by atoms with Crippen LogP contribution >= 0.6 is 0 Å². The number of hydrogen-bond acceptors (Lipinski definition) is 6. The fourth-order valence-electron chi connectivity index (χ4n) is 2.03. The highest BCUT2D eigenvalue weighted by molar-refractivity contribution is 5.94. The van der Waals surface area contributed by atoms with E-state index in [0.29, 0.717) is 11.8 Å². The highest BCUT2D eigenvalue weighted by atomic mass is 16.9. The van der Waals surface area contributed by atoms with Gasteiger partial charge in [0.25, 0.3) is 0 Å². The van der Waals surface area contributed by atoms with E-state index in [4.69, 9.17) is 18.9 Å². The smallest absolute Gasteiger partial charge is 0.214 e. The predicted molar refractivity (Wildman–Crippen MR) is 66.7 cm³/mol. The molecule has 2 rings (SSSR count). The number of ether oxygens (including phenoxy) is 4. The maximum Gasteiger partial charge on any atom is 0.214 e. The fourth-order valence-corrected chi connectivity index (χ4v) is 2.03. The molecule has 2 atom stereocenters. The third-order valence-electron chi connectivity index (χ3n) is 3.00. The third kappa shape index (κ3) is 2.35. The van der Waals surface area contributed by atoms with Crippen LogP contribution in [0, 0.1) is 5.92 Å². The van der Waals surface area contributed by atoms with Crippen molar-refractivity contribution in [1.29, 1.82) is 0 Å². The lowest BCUT2D eigenvalue weighted by atomic mass is 10.0. The SMILES string of the molecule is COC1=N[C@H](C(C)C)C(OC)=NC1C1OC(C)O1. The Bertz CT molecular complexity index is 361. The Labute approximate surface area is 107 Å². The summed E-state index contributed by atoms with van der Waals surface area (Å²) in [6.45, 7) is 5.96. The normalized spacial score (nSPS) is 35.7. The molecule has 1 fully saturated rings. The predicted octanol–water partition coefficient (Wildman–Crippen LogP) is 1.20. The zero-order valence-corrected chi connectivity index (χ0v) is 11.4. The van der Waals surface area contributed by atoms with Crippen LogP contribution in [0.15, 0.2) is 9.98 Å². The maximum absolute atomic E-state index is 5.45. The Kier molecular flexibility index (Phi) is 3.87. The molecule has 1 saturated heterocycles. The average Bonchev–Trinajstić information content (AvgIpc) is 2.33. The zero-order chi connectivity index (χ0) is 13.3. The third-order valence-corrected chi connectivity index (χ3v) is 3.00. The molecule has 0 bridgehead atoms. The molecule has 0 aromatic heterocycles. The lowest BCUT2D eigenvalue weighted by Crippen LogP contribution is -2.52. The Morgan fingerprint density at radius 3 is 2.11 bits per heavy atom. The van der Waals surface area contributed by atoms with E-state index in [1.807, 2.05) is 6.92 Å². The van der Waals surface area contributed by atoms with Crippen molar-refractivity contribution in [2.24, 2.45) is 15.9 Å². The molecule has 0 radical (unpaired) electrons. The second kappa shape index (κ2) is 5.24. The summed E-state index contributed by atoms with van der Waals surface area (Å²) >= 11 is 0. The number of nitrogens with zero attached hydrogens (tertiary/aromatic N) is 2. The van der Waals surface area contributed by atoms with Gasteiger partial charge in [-0.2, -0.15) is 0 Å². The first kappa shape index (κ1) is 13.3. The second-order valence-corrected chi connectivity index (χ2v) is 4.68. The average molecular weight is 256 g/mol. The quantitative estimate of drug-likeness (QED) is 0.745. The van der Waals surface area contributed by atoms with Gasteiger partial charge in [-0.05, 0) is 12.8 Å². The van der Waals surface area contributed by atoms with Crippen molar-refractivity contribution >= 4 is 11.8 Å². The van der Waals surface area contributed by atoms with E-state index in [-0.39, 0.29) is 24.3 Å². The first-order valence-electron chi connectivity index (χ1n) is 6.11. The molecule has 102 valence electrons. The van der Waals surface area contributed by atoms with E-state index < -0.39 is 6.29 Å². The second-order valence-electron chi connectivity index (χ2n) is 4.68. The molecule has 2 heterocycles. The van der Waals surface area contributed by atoms with Crippen LogP contribution in [-0.2, 0) is 18.9 Å². The lowest BCUT2D eigenvalue weighted by Gasteiger charge is -2.39. The number of hydrogen-bond donors (Lipinski definition) is 0. The molecule has 0 aliphatic carbocycles. The van der Waals surface area contributed by atoms with E-state index in [0.717, 1.165) is 0 Å². The number of methoxy groups -OCH3 is 2. The molecule has 0 aromatic carbocycles. The van der Waals surface area contributed by atoms with Gasteiger partial charge in [0.2, 0.25) is 11.8 Å². The molecule has 18 heavy (non-hydrogen) atoms. The fraction of sp³-hybridized carbons (Fsp3) is 0.833. The summed E-state index contributed by atoms with van der Waals surface area (Å²) in [6.07, 6.45) is -0.630. The van der Waals surface area contributed by atoms with Gasteiger partial charge in [-0.15, -0.1) is 0 Å². The molecule has 0 N–H and O–H groups in total. The zero-order valence-electron chi connectivity index (χ0n) is 11.4. The lowest BCUT2D eigenvalue weighted by molar-refractivity contribution is -0.376. The largest absolute Gasteiger partial charge is 0.483 e. The van der Waals surface area contributed by atoms with Crippen molar-refractivity contribution in [1.82, 2.24) is 0 Å². The topological polar surface area (TPSA) is 61.6 Å². The van der Waals surface area contributed by atoms with Gasteiger partial charge in [-0.25, -0.2) is 9.98 Å². The molecular weight excluding hydrogens is 236 g/mol.